The highest BCUT2D eigenvalue weighted by Gasteiger charge is 2.15. The van der Waals surface area contributed by atoms with E-state index in [0.29, 0.717) is 23.5 Å². The van der Waals surface area contributed by atoms with Gasteiger partial charge < -0.3 is 4.42 Å². The number of carbonyl (C=O) groups is 2. The van der Waals surface area contributed by atoms with Crippen LogP contribution in [0.2, 0.25) is 0 Å². The molecular formula is C17H26N2O3. The summed E-state index contributed by atoms with van der Waals surface area (Å²) in [6.45, 7) is 3.52. The molecular weight excluding hydrogens is 280 g/mol. The quantitative estimate of drug-likeness (QED) is 0.819. The van der Waals surface area contributed by atoms with Gasteiger partial charge in [0, 0.05) is 6.42 Å². The molecule has 0 atom stereocenters. The molecule has 22 heavy (non-hydrogen) atoms. The normalized spacial score (nSPS) is 15.5. The molecule has 1 heterocycles. The highest BCUT2D eigenvalue weighted by atomic mass is 16.3. The number of hydrazine groups is 1. The van der Waals surface area contributed by atoms with E-state index in [2.05, 4.69) is 10.9 Å². The molecule has 0 unspecified atom stereocenters. The lowest BCUT2D eigenvalue weighted by Gasteiger charge is -2.21. The number of furan rings is 1. The van der Waals surface area contributed by atoms with Crippen LogP contribution in [0, 0.1) is 19.8 Å². The first kappa shape index (κ1) is 16.6. The van der Waals surface area contributed by atoms with E-state index >= 15 is 0 Å². The van der Waals surface area contributed by atoms with Crippen molar-refractivity contribution in [2.24, 2.45) is 5.92 Å². The van der Waals surface area contributed by atoms with Gasteiger partial charge in [0.05, 0.1) is 5.56 Å². The Morgan fingerprint density at radius 1 is 1.18 bits per heavy atom. The fourth-order valence-corrected chi connectivity index (χ4v) is 3.14. The average Bonchev–Trinajstić information content (AvgIpc) is 2.84. The minimum absolute atomic E-state index is 0.137. The molecule has 1 fully saturated rings. The second-order valence-corrected chi connectivity index (χ2v) is 6.23. The van der Waals surface area contributed by atoms with E-state index in [-0.39, 0.29) is 11.8 Å². The number of carbonyl (C=O) groups excluding carboxylic acids is 2. The smallest absolute Gasteiger partial charge is 0.273 e. The lowest BCUT2D eigenvalue weighted by Crippen LogP contribution is -2.41. The molecule has 122 valence electrons. The maximum atomic E-state index is 11.9. The van der Waals surface area contributed by atoms with Crippen molar-refractivity contribution in [2.75, 3.05) is 0 Å². The number of amides is 2. The average molecular weight is 306 g/mol. The molecule has 0 bridgehead atoms. The Bertz CT molecular complexity index is 516. The van der Waals surface area contributed by atoms with Crippen molar-refractivity contribution >= 4 is 11.8 Å². The Balaban J connectivity index is 1.64. The van der Waals surface area contributed by atoms with Crippen LogP contribution in [0.15, 0.2) is 10.5 Å². The molecule has 1 aliphatic rings. The summed E-state index contributed by atoms with van der Waals surface area (Å²) in [7, 11) is 0. The Labute approximate surface area is 131 Å². The Kier molecular flexibility index (Phi) is 6.04. The van der Waals surface area contributed by atoms with E-state index in [4.69, 9.17) is 4.42 Å². The van der Waals surface area contributed by atoms with Crippen LogP contribution in [-0.4, -0.2) is 11.8 Å². The first-order valence-electron chi connectivity index (χ1n) is 8.22. The molecule has 2 amide bonds. The molecule has 5 nitrogen and oxygen atoms in total. The van der Waals surface area contributed by atoms with Crippen LogP contribution in [0.4, 0.5) is 0 Å². The van der Waals surface area contributed by atoms with Crippen molar-refractivity contribution in [2.45, 2.75) is 65.2 Å². The van der Waals surface area contributed by atoms with Gasteiger partial charge in [-0.25, -0.2) is 0 Å². The van der Waals surface area contributed by atoms with Crippen molar-refractivity contribution in [3.8, 4) is 0 Å². The van der Waals surface area contributed by atoms with Crippen LogP contribution < -0.4 is 10.9 Å². The van der Waals surface area contributed by atoms with E-state index < -0.39 is 0 Å². The molecule has 1 aromatic rings. The maximum Gasteiger partial charge on any atom is 0.273 e. The summed E-state index contributed by atoms with van der Waals surface area (Å²) < 4.78 is 5.30. The summed E-state index contributed by atoms with van der Waals surface area (Å²) in [4.78, 5) is 23.7. The van der Waals surface area contributed by atoms with Crippen LogP contribution in [0.3, 0.4) is 0 Å². The zero-order valence-corrected chi connectivity index (χ0v) is 13.5. The molecule has 0 aliphatic heterocycles. The fourth-order valence-electron chi connectivity index (χ4n) is 3.14. The third kappa shape index (κ3) is 4.90. The summed E-state index contributed by atoms with van der Waals surface area (Å²) in [5.74, 6) is 1.55. The summed E-state index contributed by atoms with van der Waals surface area (Å²) in [5.41, 5.74) is 5.38. The number of hydrogen-bond donors (Lipinski definition) is 2. The number of aryl methyl sites for hydroxylation is 2. The van der Waals surface area contributed by atoms with Gasteiger partial charge in [0.2, 0.25) is 5.91 Å². The highest BCUT2D eigenvalue weighted by molar-refractivity contribution is 5.96. The predicted octanol–water partition coefficient (Wildman–Crippen LogP) is 3.41. The zero-order chi connectivity index (χ0) is 15.9. The second-order valence-electron chi connectivity index (χ2n) is 6.23. The third-order valence-electron chi connectivity index (χ3n) is 4.34. The molecule has 2 rings (SSSR count). The lowest BCUT2D eigenvalue weighted by molar-refractivity contribution is -0.122. The van der Waals surface area contributed by atoms with Gasteiger partial charge in [0.25, 0.3) is 5.91 Å². The Morgan fingerprint density at radius 2 is 1.91 bits per heavy atom. The maximum absolute atomic E-state index is 11.9. The molecule has 0 radical (unpaired) electrons. The monoisotopic (exact) mass is 306 g/mol. The van der Waals surface area contributed by atoms with Gasteiger partial charge in [-0.2, -0.15) is 0 Å². The van der Waals surface area contributed by atoms with Crippen molar-refractivity contribution in [3.63, 3.8) is 0 Å². The van der Waals surface area contributed by atoms with Crippen molar-refractivity contribution in [1.29, 1.82) is 0 Å². The number of nitrogens with one attached hydrogen (secondary N) is 2. The largest absolute Gasteiger partial charge is 0.466 e. The molecule has 1 saturated carbocycles. The van der Waals surface area contributed by atoms with Gasteiger partial charge in [0.1, 0.15) is 11.5 Å². The van der Waals surface area contributed by atoms with Gasteiger partial charge in [0.15, 0.2) is 0 Å². The first-order chi connectivity index (χ1) is 10.6. The van der Waals surface area contributed by atoms with Gasteiger partial charge in [-0.15, -0.1) is 0 Å². The topological polar surface area (TPSA) is 71.3 Å². The molecule has 2 N–H and O–H groups in total. The lowest BCUT2D eigenvalue weighted by atomic mass is 9.86. The minimum Gasteiger partial charge on any atom is -0.466 e. The SMILES string of the molecule is Cc1cc(C(=O)NNC(=O)CCCC2CCCCC2)c(C)o1. The zero-order valence-electron chi connectivity index (χ0n) is 13.5. The number of hydrogen-bond acceptors (Lipinski definition) is 3. The van der Waals surface area contributed by atoms with Crippen LogP contribution in [0.25, 0.3) is 0 Å². The van der Waals surface area contributed by atoms with Crippen LogP contribution in [-0.2, 0) is 4.79 Å². The van der Waals surface area contributed by atoms with Gasteiger partial charge in [-0.1, -0.05) is 32.1 Å². The molecule has 1 aliphatic carbocycles. The van der Waals surface area contributed by atoms with Crippen molar-refractivity contribution in [1.82, 2.24) is 10.9 Å². The summed E-state index contributed by atoms with van der Waals surface area (Å²) in [6, 6.07) is 1.67. The van der Waals surface area contributed by atoms with Gasteiger partial charge in [-0.05, 0) is 38.7 Å². The molecule has 0 saturated heterocycles. The van der Waals surface area contributed by atoms with E-state index in [9.17, 15) is 9.59 Å². The van der Waals surface area contributed by atoms with Crippen LogP contribution in [0.5, 0.6) is 0 Å². The highest BCUT2D eigenvalue weighted by Crippen LogP contribution is 2.27. The van der Waals surface area contributed by atoms with E-state index in [1.165, 1.54) is 32.1 Å². The molecule has 0 spiro atoms. The third-order valence-corrected chi connectivity index (χ3v) is 4.34. The fraction of sp³-hybridized carbons (Fsp3) is 0.647. The van der Waals surface area contributed by atoms with E-state index in [0.717, 1.165) is 18.8 Å². The Hall–Kier alpha value is -1.78. The van der Waals surface area contributed by atoms with Crippen LogP contribution >= 0.6 is 0 Å². The van der Waals surface area contributed by atoms with Crippen LogP contribution in [0.1, 0.15) is 73.2 Å². The summed E-state index contributed by atoms with van der Waals surface area (Å²) in [6.07, 6.45) is 9.08. The Morgan fingerprint density at radius 3 is 2.55 bits per heavy atom. The molecule has 5 heteroatoms. The summed E-state index contributed by atoms with van der Waals surface area (Å²) >= 11 is 0. The van der Waals surface area contributed by atoms with Gasteiger partial charge >= 0.3 is 0 Å². The van der Waals surface area contributed by atoms with E-state index in [1.54, 1.807) is 19.9 Å². The predicted molar refractivity (Wildman–Crippen MR) is 84.2 cm³/mol. The van der Waals surface area contributed by atoms with Crippen molar-refractivity contribution in [3.05, 3.63) is 23.2 Å². The number of rotatable bonds is 5. The second kappa shape index (κ2) is 8.01. The van der Waals surface area contributed by atoms with E-state index in [1.807, 2.05) is 0 Å². The molecule has 0 aromatic carbocycles. The summed E-state index contributed by atoms with van der Waals surface area (Å²) in [5, 5.41) is 0. The van der Waals surface area contributed by atoms with Gasteiger partial charge in [-0.3, -0.25) is 20.4 Å². The van der Waals surface area contributed by atoms with Crippen molar-refractivity contribution < 1.29 is 14.0 Å². The first-order valence-corrected chi connectivity index (χ1v) is 8.22. The minimum atomic E-state index is -0.338. The standard InChI is InChI=1S/C17H26N2O3/c1-12-11-15(13(2)22-12)17(21)19-18-16(20)10-6-9-14-7-4-3-5-8-14/h11,14H,3-10H2,1-2H3,(H,18,20)(H,19,21). The molecule has 1 aromatic heterocycles.